The second kappa shape index (κ2) is 6.67. The predicted molar refractivity (Wildman–Crippen MR) is 100 cm³/mol. The zero-order valence-corrected chi connectivity index (χ0v) is 15.0. The van der Waals surface area contributed by atoms with Gasteiger partial charge in [-0.2, -0.15) is 0 Å². The second-order valence-electron chi connectivity index (χ2n) is 6.70. The quantitative estimate of drug-likeness (QED) is 0.486. The summed E-state index contributed by atoms with van der Waals surface area (Å²) in [6, 6.07) is 15.8. The van der Waals surface area contributed by atoms with Gasteiger partial charge in [-0.3, -0.25) is 0 Å². The molecule has 0 unspecified atom stereocenters. The molecule has 0 N–H and O–H groups in total. The van der Waals surface area contributed by atoms with Crippen LogP contribution in [0.2, 0.25) is 0 Å². The molecule has 0 amide bonds. The lowest BCUT2D eigenvalue weighted by molar-refractivity contribution is 0.410. The Morgan fingerprint density at radius 1 is 0.962 bits per heavy atom. The summed E-state index contributed by atoms with van der Waals surface area (Å²) in [5.41, 5.74) is 2.86. The lowest BCUT2D eigenvalue weighted by Crippen LogP contribution is -1.93. The topological polar surface area (TPSA) is 61.3 Å². The summed E-state index contributed by atoms with van der Waals surface area (Å²) in [6.07, 6.45) is 1.05. The molecule has 0 saturated carbocycles. The number of para-hydroxylation sites is 1. The van der Waals surface area contributed by atoms with E-state index in [1.165, 1.54) is 5.56 Å². The van der Waals surface area contributed by atoms with Crippen LogP contribution in [0.15, 0.2) is 57.4 Å². The molecule has 0 aliphatic rings. The highest BCUT2D eigenvalue weighted by Gasteiger charge is 2.16. The zero-order valence-electron chi connectivity index (χ0n) is 15.0. The average molecular weight is 348 g/mol. The van der Waals surface area contributed by atoms with Crippen molar-refractivity contribution < 1.29 is 13.6 Å². The Balaban J connectivity index is 1.64. The number of rotatable bonds is 5. The van der Waals surface area contributed by atoms with E-state index in [1.807, 2.05) is 36.4 Å². The maximum absolute atomic E-state index is 5.87. The largest absolute Gasteiger partial charge is 0.493 e. The van der Waals surface area contributed by atoms with E-state index in [4.69, 9.17) is 13.6 Å². The van der Waals surface area contributed by atoms with Crippen molar-refractivity contribution in [1.82, 2.24) is 10.2 Å². The van der Waals surface area contributed by atoms with Gasteiger partial charge in [-0.15, -0.1) is 10.2 Å². The van der Waals surface area contributed by atoms with E-state index in [-0.39, 0.29) is 0 Å². The Labute approximate surface area is 151 Å². The highest BCUT2D eigenvalue weighted by Crippen LogP contribution is 2.33. The smallest absolute Gasteiger partial charge is 0.283 e. The van der Waals surface area contributed by atoms with Crippen LogP contribution in [0.1, 0.15) is 19.4 Å². The Hall–Kier alpha value is -3.08. The molecule has 4 rings (SSSR count). The first-order valence-corrected chi connectivity index (χ1v) is 8.64. The lowest BCUT2D eigenvalue weighted by Gasteiger charge is -2.04. The third kappa shape index (κ3) is 3.08. The summed E-state index contributed by atoms with van der Waals surface area (Å²) in [7, 11) is 1.62. The molecule has 5 nitrogen and oxygen atoms in total. The fourth-order valence-electron chi connectivity index (χ4n) is 3.00. The molecule has 2 heterocycles. The molecule has 26 heavy (non-hydrogen) atoms. The van der Waals surface area contributed by atoms with Crippen LogP contribution in [0.3, 0.4) is 0 Å². The van der Waals surface area contributed by atoms with Crippen molar-refractivity contribution in [3.63, 3.8) is 0 Å². The second-order valence-corrected chi connectivity index (χ2v) is 6.70. The Kier molecular flexibility index (Phi) is 4.21. The summed E-state index contributed by atoms with van der Waals surface area (Å²) >= 11 is 0. The van der Waals surface area contributed by atoms with Gasteiger partial charge >= 0.3 is 0 Å². The summed E-state index contributed by atoms with van der Waals surface area (Å²) in [5.74, 6) is 2.66. The molecule has 0 atom stereocenters. The molecular weight excluding hydrogens is 328 g/mol. The summed E-state index contributed by atoms with van der Waals surface area (Å²) in [4.78, 5) is 0. The van der Waals surface area contributed by atoms with Gasteiger partial charge in [-0.1, -0.05) is 38.1 Å². The van der Waals surface area contributed by atoms with Crippen LogP contribution in [-0.4, -0.2) is 17.3 Å². The molecule has 0 radical (unpaired) electrons. The summed E-state index contributed by atoms with van der Waals surface area (Å²) in [6.45, 7) is 4.42. The first-order valence-electron chi connectivity index (χ1n) is 8.64. The van der Waals surface area contributed by atoms with Crippen LogP contribution < -0.4 is 4.74 Å². The van der Waals surface area contributed by atoms with Gasteiger partial charge in [0.2, 0.25) is 5.89 Å². The number of aromatic nitrogens is 2. The third-order valence-corrected chi connectivity index (χ3v) is 4.21. The number of furan rings is 1. The molecule has 4 aromatic rings. The van der Waals surface area contributed by atoms with E-state index in [0.29, 0.717) is 34.8 Å². The van der Waals surface area contributed by atoms with E-state index >= 15 is 0 Å². The molecule has 0 fully saturated rings. The van der Waals surface area contributed by atoms with Crippen LogP contribution >= 0.6 is 0 Å². The number of hydrogen-bond donors (Lipinski definition) is 0. The van der Waals surface area contributed by atoms with Gasteiger partial charge in [-0.25, -0.2) is 0 Å². The lowest BCUT2D eigenvalue weighted by atomic mass is 10.0. The minimum atomic E-state index is 0.351. The summed E-state index contributed by atoms with van der Waals surface area (Å²) in [5, 5.41) is 9.22. The summed E-state index contributed by atoms with van der Waals surface area (Å²) < 4.78 is 17.0. The highest BCUT2D eigenvalue weighted by atomic mass is 16.5. The SMILES string of the molecule is COc1cccc2cc(-c3nnc(-c4ccc(CC(C)C)cc4)o3)oc12. The maximum atomic E-state index is 5.87. The number of fused-ring (bicyclic) bond motifs is 1. The minimum absolute atomic E-state index is 0.351. The number of ether oxygens (including phenoxy) is 1. The Morgan fingerprint density at radius 2 is 1.73 bits per heavy atom. The molecule has 2 aromatic heterocycles. The van der Waals surface area contributed by atoms with Crippen molar-refractivity contribution in [2.75, 3.05) is 7.11 Å². The first-order chi connectivity index (χ1) is 12.6. The van der Waals surface area contributed by atoms with Gasteiger partial charge in [0.15, 0.2) is 17.1 Å². The van der Waals surface area contributed by atoms with Gasteiger partial charge in [-0.05, 0) is 42.2 Å². The minimum Gasteiger partial charge on any atom is -0.493 e. The molecular formula is C21H20N2O3. The third-order valence-electron chi connectivity index (χ3n) is 4.21. The van der Waals surface area contributed by atoms with Gasteiger partial charge in [0, 0.05) is 10.9 Å². The Bertz CT molecular complexity index is 1030. The predicted octanol–water partition coefficient (Wildman–Crippen LogP) is 5.36. The monoisotopic (exact) mass is 348 g/mol. The van der Waals surface area contributed by atoms with Gasteiger partial charge in [0.05, 0.1) is 7.11 Å². The maximum Gasteiger partial charge on any atom is 0.283 e. The number of hydrogen-bond acceptors (Lipinski definition) is 5. The van der Waals surface area contributed by atoms with Crippen LogP contribution in [-0.2, 0) is 6.42 Å². The van der Waals surface area contributed by atoms with Crippen molar-refractivity contribution in [2.45, 2.75) is 20.3 Å². The van der Waals surface area contributed by atoms with Gasteiger partial charge < -0.3 is 13.6 Å². The molecule has 0 spiro atoms. The number of nitrogens with zero attached hydrogens (tertiary/aromatic N) is 2. The van der Waals surface area contributed by atoms with Crippen molar-refractivity contribution in [1.29, 1.82) is 0 Å². The highest BCUT2D eigenvalue weighted by molar-refractivity contribution is 5.86. The Morgan fingerprint density at radius 3 is 2.46 bits per heavy atom. The molecule has 0 aliphatic heterocycles. The molecule has 5 heteroatoms. The van der Waals surface area contributed by atoms with Gasteiger partial charge in [0.1, 0.15) is 0 Å². The van der Waals surface area contributed by atoms with E-state index in [0.717, 1.165) is 17.4 Å². The number of benzene rings is 2. The fraction of sp³-hybridized carbons (Fsp3) is 0.238. The molecule has 0 bridgehead atoms. The van der Waals surface area contributed by atoms with Gasteiger partial charge in [0.25, 0.3) is 5.89 Å². The van der Waals surface area contributed by atoms with E-state index < -0.39 is 0 Å². The molecule has 0 aliphatic carbocycles. The zero-order chi connectivity index (χ0) is 18.1. The van der Waals surface area contributed by atoms with Crippen LogP contribution in [0.25, 0.3) is 34.1 Å². The van der Waals surface area contributed by atoms with Crippen LogP contribution in [0, 0.1) is 5.92 Å². The van der Waals surface area contributed by atoms with Crippen LogP contribution in [0.5, 0.6) is 5.75 Å². The molecule has 2 aromatic carbocycles. The molecule has 0 saturated heterocycles. The van der Waals surface area contributed by atoms with Crippen molar-refractivity contribution in [2.24, 2.45) is 5.92 Å². The standard InChI is InChI=1S/C21H20N2O3/c1-13(2)11-14-7-9-15(10-8-14)20-22-23-21(26-20)18-12-16-5-4-6-17(24-3)19(16)25-18/h4-10,12-13H,11H2,1-3H3. The van der Waals surface area contributed by atoms with Crippen molar-refractivity contribution in [3.05, 3.63) is 54.1 Å². The first kappa shape index (κ1) is 16.4. The van der Waals surface area contributed by atoms with E-state index in [1.54, 1.807) is 7.11 Å². The number of methoxy groups -OCH3 is 1. The van der Waals surface area contributed by atoms with Crippen LogP contribution in [0.4, 0.5) is 0 Å². The van der Waals surface area contributed by atoms with E-state index in [2.05, 4.69) is 36.2 Å². The van der Waals surface area contributed by atoms with Crippen molar-refractivity contribution in [3.8, 4) is 28.9 Å². The fourth-order valence-corrected chi connectivity index (χ4v) is 3.00. The van der Waals surface area contributed by atoms with Crippen molar-refractivity contribution >= 4 is 11.0 Å². The van der Waals surface area contributed by atoms with E-state index in [9.17, 15) is 0 Å². The average Bonchev–Trinajstić information content (AvgIpc) is 3.28. The molecule has 132 valence electrons. The normalized spacial score (nSPS) is 11.4.